The van der Waals surface area contributed by atoms with Gasteiger partial charge in [-0.25, -0.2) is 0 Å². The Bertz CT molecular complexity index is 229. The van der Waals surface area contributed by atoms with E-state index < -0.39 is 5.54 Å². The van der Waals surface area contributed by atoms with E-state index in [1.807, 2.05) is 13.8 Å². The van der Waals surface area contributed by atoms with Crippen molar-refractivity contribution in [1.82, 2.24) is 5.32 Å². The number of nitrogens with one attached hydrogen (secondary N) is 1. The number of nitrogens with two attached hydrogens (primary N) is 1. The fourth-order valence-electron chi connectivity index (χ4n) is 1.90. The summed E-state index contributed by atoms with van der Waals surface area (Å²) < 4.78 is 5.65. The Hall–Kier alpha value is -0.610. The first-order chi connectivity index (χ1) is 7.58. The summed E-state index contributed by atoms with van der Waals surface area (Å²) in [6, 6.07) is 0. The van der Waals surface area contributed by atoms with Gasteiger partial charge in [0.05, 0.1) is 11.6 Å². The summed E-state index contributed by atoms with van der Waals surface area (Å²) in [6.45, 7) is 5.33. The monoisotopic (exact) mass is 228 g/mol. The zero-order valence-corrected chi connectivity index (χ0v) is 10.4. The third kappa shape index (κ3) is 3.76. The molecule has 4 heteroatoms. The molecule has 1 saturated carbocycles. The lowest BCUT2D eigenvalue weighted by Gasteiger charge is -2.29. The number of hydrogen-bond acceptors (Lipinski definition) is 3. The first-order valence-corrected chi connectivity index (χ1v) is 6.25. The molecule has 0 aromatic rings. The van der Waals surface area contributed by atoms with Crippen LogP contribution in [0.2, 0.25) is 0 Å². The van der Waals surface area contributed by atoms with Gasteiger partial charge in [0.1, 0.15) is 0 Å². The predicted octanol–water partition coefficient (Wildman–Crippen LogP) is 1.19. The minimum Gasteiger partial charge on any atom is -0.378 e. The Morgan fingerprint density at radius 3 is 2.69 bits per heavy atom. The first-order valence-electron chi connectivity index (χ1n) is 6.25. The van der Waals surface area contributed by atoms with Gasteiger partial charge in [-0.1, -0.05) is 6.92 Å². The van der Waals surface area contributed by atoms with Gasteiger partial charge in [0, 0.05) is 6.61 Å². The fraction of sp³-hybridized carbons (Fsp3) is 0.917. The summed E-state index contributed by atoms with van der Waals surface area (Å²) in [5.74, 6) is -0.280. The molecule has 0 radical (unpaired) electrons. The second kappa shape index (κ2) is 6.21. The van der Waals surface area contributed by atoms with Gasteiger partial charge in [0.25, 0.3) is 0 Å². The number of primary amides is 1. The second-order valence-corrected chi connectivity index (χ2v) is 4.75. The van der Waals surface area contributed by atoms with Crippen LogP contribution in [0.25, 0.3) is 0 Å². The standard InChI is InChI=1S/C12H24N2O2/c1-3-14-12(2,11(13)15)8-5-9-16-10-6-4-7-10/h10,14H,3-9H2,1-2H3,(H2,13,15). The smallest absolute Gasteiger partial charge is 0.237 e. The Morgan fingerprint density at radius 2 is 2.25 bits per heavy atom. The quantitative estimate of drug-likeness (QED) is 0.613. The summed E-state index contributed by atoms with van der Waals surface area (Å²) in [4.78, 5) is 11.3. The SMILES string of the molecule is CCNC(C)(CCCOC1CCC1)C(N)=O. The summed E-state index contributed by atoms with van der Waals surface area (Å²) in [7, 11) is 0. The molecular formula is C12H24N2O2. The summed E-state index contributed by atoms with van der Waals surface area (Å²) in [6.07, 6.45) is 5.77. The Labute approximate surface area is 97.9 Å². The van der Waals surface area contributed by atoms with Crippen molar-refractivity contribution in [2.45, 2.75) is 57.6 Å². The summed E-state index contributed by atoms with van der Waals surface area (Å²) in [5, 5.41) is 3.14. The summed E-state index contributed by atoms with van der Waals surface area (Å²) in [5.41, 5.74) is 4.81. The van der Waals surface area contributed by atoms with Crippen LogP contribution in [0.3, 0.4) is 0 Å². The van der Waals surface area contributed by atoms with Gasteiger partial charge in [-0.2, -0.15) is 0 Å². The van der Waals surface area contributed by atoms with Gasteiger partial charge >= 0.3 is 0 Å². The zero-order chi connectivity index (χ0) is 12.0. The fourth-order valence-corrected chi connectivity index (χ4v) is 1.90. The third-order valence-electron chi connectivity index (χ3n) is 3.34. The second-order valence-electron chi connectivity index (χ2n) is 4.75. The van der Waals surface area contributed by atoms with Crippen LogP contribution in [0, 0.1) is 0 Å². The molecule has 1 amide bonds. The molecule has 3 N–H and O–H groups in total. The van der Waals surface area contributed by atoms with Crippen LogP contribution in [-0.2, 0) is 9.53 Å². The van der Waals surface area contributed by atoms with E-state index in [4.69, 9.17) is 10.5 Å². The first kappa shape index (κ1) is 13.5. The molecule has 1 aliphatic carbocycles. The molecular weight excluding hydrogens is 204 g/mol. The van der Waals surface area contributed by atoms with Crippen LogP contribution < -0.4 is 11.1 Å². The lowest BCUT2D eigenvalue weighted by molar-refractivity contribution is -0.124. The number of hydrogen-bond donors (Lipinski definition) is 2. The maximum Gasteiger partial charge on any atom is 0.237 e. The lowest BCUT2D eigenvalue weighted by Crippen LogP contribution is -2.53. The Balaban J connectivity index is 2.18. The number of ether oxygens (including phenoxy) is 1. The average molecular weight is 228 g/mol. The van der Waals surface area contributed by atoms with Crippen LogP contribution in [0.4, 0.5) is 0 Å². The number of carbonyl (C=O) groups is 1. The van der Waals surface area contributed by atoms with E-state index in [9.17, 15) is 4.79 Å². The van der Waals surface area contributed by atoms with E-state index in [1.165, 1.54) is 19.3 Å². The molecule has 1 atom stereocenters. The number of likely N-dealkylation sites (N-methyl/N-ethyl adjacent to an activating group) is 1. The highest BCUT2D eigenvalue weighted by Gasteiger charge is 2.29. The van der Waals surface area contributed by atoms with Crippen molar-refractivity contribution in [3.05, 3.63) is 0 Å². The molecule has 94 valence electrons. The number of amides is 1. The van der Waals surface area contributed by atoms with Crippen molar-refractivity contribution in [2.75, 3.05) is 13.2 Å². The largest absolute Gasteiger partial charge is 0.378 e. The van der Waals surface area contributed by atoms with Gasteiger partial charge < -0.3 is 15.8 Å². The molecule has 0 heterocycles. The average Bonchev–Trinajstić information content (AvgIpc) is 2.14. The lowest BCUT2D eigenvalue weighted by atomic mass is 9.94. The van der Waals surface area contributed by atoms with E-state index in [1.54, 1.807) is 0 Å². The van der Waals surface area contributed by atoms with Gasteiger partial charge in [0.15, 0.2) is 0 Å². The van der Waals surface area contributed by atoms with E-state index in [-0.39, 0.29) is 5.91 Å². The highest BCUT2D eigenvalue weighted by molar-refractivity contribution is 5.84. The van der Waals surface area contributed by atoms with Gasteiger partial charge in [-0.3, -0.25) is 4.79 Å². The molecule has 4 nitrogen and oxygen atoms in total. The Kier molecular flexibility index (Phi) is 5.22. The maximum atomic E-state index is 11.3. The summed E-state index contributed by atoms with van der Waals surface area (Å²) >= 11 is 0. The highest BCUT2D eigenvalue weighted by Crippen LogP contribution is 2.22. The molecule has 0 aromatic heterocycles. The molecule has 0 spiro atoms. The zero-order valence-electron chi connectivity index (χ0n) is 10.4. The topological polar surface area (TPSA) is 64.3 Å². The van der Waals surface area contributed by atoms with Gasteiger partial charge in [-0.05, 0) is 45.6 Å². The number of rotatable bonds is 8. The predicted molar refractivity (Wildman–Crippen MR) is 64.1 cm³/mol. The van der Waals surface area contributed by atoms with Crippen LogP contribution in [-0.4, -0.2) is 30.7 Å². The molecule has 0 aromatic carbocycles. The molecule has 1 fully saturated rings. The van der Waals surface area contributed by atoms with E-state index in [0.717, 1.165) is 26.0 Å². The van der Waals surface area contributed by atoms with Gasteiger partial charge in [0.2, 0.25) is 5.91 Å². The Morgan fingerprint density at radius 1 is 1.56 bits per heavy atom. The molecule has 0 aliphatic heterocycles. The third-order valence-corrected chi connectivity index (χ3v) is 3.34. The van der Waals surface area contributed by atoms with Crippen molar-refractivity contribution in [3.63, 3.8) is 0 Å². The molecule has 1 unspecified atom stereocenters. The van der Waals surface area contributed by atoms with Crippen LogP contribution >= 0.6 is 0 Å². The van der Waals surface area contributed by atoms with E-state index >= 15 is 0 Å². The number of carbonyl (C=O) groups excluding carboxylic acids is 1. The van der Waals surface area contributed by atoms with Crippen molar-refractivity contribution in [3.8, 4) is 0 Å². The van der Waals surface area contributed by atoms with E-state index in [2.05, 4.69) is 5.32 Å². The molecule has 1 aliphatic rings. The van der Waals surface area contributed by atoms with Crippen molar-refractivity contribution >= 4 is 5.91 Å². The van der Waals surface area contributed by atoms with Crippen molar-refractivity contribution in [1.29, 1.82) is 0 Å². The van der Waals surface area contributed by atoms with E-state index in [0.29, 0.717) is 6.10 Å². The van der Waals surface area contributed by atoms with Crippen LogP contribution in [0.5, 0.6) is 0 Å². The molecule has 16 heavy (non-hydrogen) atoms. The minimum atomic E-state index is -0.586. The molecule has 1 rings (SSSR count). The molecule has 0 saturated heterocycles. The maximum absolute atomic E-state index is 11.3. The minimum absolute atomic E-state index is 0.280. The van der Waals surface area contributed by atoms with Crippen LogP contribution in [0.1, 0.15) is 46.0 Å². The van der Waals surface area contributed by atoms with Crippen molar-refractivity contribution in [2.24, 2.45) is 5.73 Å². The normalized spacial score (nSPS) is 20.1. The molecule has 0 bridgehead atoms. The van der Waals surface area contributed by atoms with Crippen molar-refractivity contribution < 1.29 is 9.53 Å². The van der Waals surface area contributed by atoms with Crippen LogP contribution in [0.15, 0.2) is 0 Å². The van der Waals surface area contributed by atoms with Gasteiger partial charge in [-0.15, -0.1) is 0 Å². The highest BCUT2D eigenvalue weighted by atomic mass is 16.5.